The largest absolute Gasteiger partial charge is 0.361 e. The monoisotopic (exact) mass is 485 g/mol. The van der Waals surface area contributed by atoms with Crippen molar-refractivity contribution in [3.63, 3.8) is 0 Å². The van der Waals surface area contributed by atoms with Crippen LogP contribution in [-0.4, -0.2) is 58.6 Å². The molecule has 182 valence electrons. The minimum absolute atomic E-state index is 0.0223. The number of hydrogen-bond donors (Lipinski definition) is 3. The summed E-state index contributed by atoms with van der Waals surface area (Å²) in [7, 11) is 0. The van der Waals surface area contributed by atoms with Crippen LogP contribution in [0.2, 0.25) is 0 Å². The van der Waals surface area contributed by atoms with Crippen molar-refractivity contribution >= 4 is 35.2 Å². The second-order valence-corrected chi connectivity index (χ2v) is 8.97. The summed E-state index contributed by atoms with van der Waals surface area (Å²) in [6.07, 6.45) is 5.81. The maximum atomic E-state index is 13.6. The van der Waals surface area contributed by atoms with E-state index in [-0.39, 0.29) is 24.1 Å². The molecule has 0 bridgehead atoms. The van der Waals surface area contributed by atoms with Crippen LogP contribution >= 0.6 is 11.6 Å². The third-order valence-electron chi connectivity index (χ3n) is 6.04. The van der Waals surface area contributed by atoms with E-state index in [2.05, 4.69) is 21.2 Å². The Hall–Kier alpha value is -2.69. The van der Waals surface area contributed by atoms with E-state index in [9.17, 15) is 23.6 Å². The van der Waals surface area contributed by atoms with Crippen LogP contribution in [0.3, 0.4) is 0 Å². The number of nitrogens with zero attached hydrogens (tertiary/aromatic N) is 2. The SMILES string of the molecule is Cc1cc(C(=O)NC(CC2CCCCC2)C(=O)NN(CC2CCNC2=O)C(=O)C(F)Cl)no1. The molecule has 33 heavy (non-hydrogen) atoms. The van der Waals surface area contributed by atoms with Gasteiger partial charge in [-0.1, -0.05) is 48.9 Å². The first-order valence-electron chi connectivity index (χ1n) is 11.2. The summed E-state index contributed by atoms with van der Waals surface area (Å²) < 4.78 is 18.5. The molecule has 2 aliphatic rings. The summed E-state index contributed by atoms with van der Waals surface area (Å²) in [6, 6.07) is 0.444. The molecule has 3 rings (SSSR count). The van der Waals surface area contributed by atoms with Gasteiger partial charge in [0.25, 0.3) is 23.4 Å². The minimum Gasteiger partial charge on any atom is -0.361 e. The first kappa shape index (κ1) is 24.9. The maximum Gasteiger partial charge on any atom is 0.291 e. The molecule has 12 heteroatoms. The van der Waals surface area contributed by atoms with E-state index in [0.29, 0.717) is 25.1 Å². The smallest absolute Gasteiger partial charge is 0.291 e. The van der Waals surface area contributed by atoms with E-state index < -0.39 is 35.3 Å². The lowest BCUT2D eigenvalue weighted by Gasteiger charge is -2.30. The lowest BCUT2D eigenvalue weighted by atomic mass is 9.84. The van der Waals surface area contributed by atoms with E-state index in [1.54, 1.807) is 6.92 Å². The molecule has 3 atom stereocenters. The van der Waals surface area contributed by atoms with E-state index in [4.69, 9.17) is 16.1 Å². The number of nitrogens with one attached hydrogen (secondary N) is 3. The van der Waals surface area contributed by atoms with Crippen LogP contribution in [0.15, 0.2) is 10.6 Å². The van der Waals surface area contributed by atoms with Crippen LogP contribution < -0.4 is 16.1 Å². The zero-order chi connectivity index (χ0) is 24.0. The number of carbonyl (C=O) groups is 4. The number of hydrazine groups is 1. The summed E-state index contributed by atoms with van der Waals surface area (Å²) in [6.45, 7) is 1.84. The van der Waals surface area contributed by atoms with Gasteiger partial charge < -0.3 is 15.2 Å². The lowest BCUT2D eigenvalue weighted by Crippen LogP contribution is -2.57. The molecular weight excluding hydrogens is 457 g/mol. The first-order valence-corrected chi connectivity index (χ1v) is 11.6. The zero-order valence-electron chi connectivity index (χ0n) is 18.4. The topological polar surface area (TPSA) is 134 Å². The fourth-order valence-electron chi connectivity index (χ4n) is 4.25. The Labute approximate surface area is 195 Å². The average Bonchev–Trinajstić information content (AvgIpc) is 3.40. The second kappa shape index (κ2) is 11.4. The van der Waals surface area contributed by atoms with Crippen LogP contribution in [0.1, 0.15) is 61.2 Å². The number of aromatic nitrogens is 1. The Morgan fingerprint density at radius 3 is 2.61 bits per heavy atom. The molecular formula is C21H29ClFN5O5. The van der Waals surface area contributed by atoms with Gasteiger partial charge in [-0.05, 0) is 25.7 Å². The highest BCUT2D eigenvalue weighted by Gasteiger charge is 2.34. The van der Waals surface area contributed by atoms with Crippen molar-refractivity contribution in [2.75, 3.05) is 13.1 Å². The van der Waals surface area contributed by atoms with Crippen molar-refractivity contribution in [2.24, 2.45) is 11.8 Å². The molecule has 0 aromatic carbocycles. The summed E-state index contributed by atoms with van der Waals surface area (Å²) in [4.78, 5) is 50.0. The normalized spacial score (nSPS) is 20.6. The van der Waals surface area contributed by atoms with Gasteiger partial charge in [-0.3, -0.25) is 24.6 Å². The van der Waals surface area contributed by atoms with Gasteiger partial charge in [0, 0.05) is 12.6 Å². The standard InChI is InChI=1S/C21H29ClFN5O5/c1-12-9-16(27-33-12)19(30)25-15(10-13-5-3-2-4-6-13)20(31)26-28(21(32)17(22)23)11-14-7-8-24-18(14)29/h9,13-15,17H,2-8,10-11H2,1H3,(H,24,29)(H,25,30)(H,26,31). The van der Waals surface area contributed by atoms with Gasteiger partial charge in [-0.15, -0.1) is 0 Å². The molecule has 1 aliphatic heterocycles. The summed E-state index contributed by atoms with van der Waals surface area (Å²) in [5.41, 5.74) is 0.0119. The maximum absolute atomic E-state index is 13.6. The molecule has 10 nitrogen and oxygen atoms in total. The molecule has 3 N–H and O–H groups in total. The van der Waals surface area contributed by atoms with Crippen LogP contribution in [0.5, 0.6) is 0 Å². The number of rotatable bonds is 8. The summed E-state index contributed by atoms with van der Waals surface area (Å²) in [5.74, 6) is -2.72. The van der Waals surface area contributed by atoms with Crippen LogP contribution in [-0.2, 0) is 14.4 Å². The quantitative estimate of drug-likeness (QED) is 0.378. The van der Waals surface area contributed by atoms with E-state index >= 15 is 0 Å². The highest BCUT2D eigenvalue weighted by molar-refractivity contribution is 6.29. The molecule has 3 unspecified atom stereocenters. The minimum atomic E-state index is -2.39. The second-order valence-electron chi connectivity index (χ2n) is 8.59. The van der Waals surface area contributed by atoms with Crippen molar-refractivity contribution in [2.45, 2.75) is 63.5 Å². The fourth-order valence-corrected chi connectivity index (χ4v) is 4.37. The molecule has 0 radical (unpaired) electrons. The molecule has 1 aliphatic carbocycles. The third kappa shape index (κ3) is 6.89. The molecule has 0 spiro atoms. The Morgan fingerprint density at radius 2 is 2.03 bits per heavy atom. The molecule has 1 aromatic rings. The molecule has 2 fully saturated rings. The predicted octanol–water partition coefficient (Wildman–Crippen LogP) is 1.58. The van der Waals surface area contributed by atoms with Crippen LogP contribution in [0.4, 0.5) is 4.39 Å². The number of halogens is 2. The van der Waals surface area contributed by atoms with Crippen molar-refractivity contribution in [1.82, 2.24) is 26.2 Å². The van der Waals surface area contributed by atoms with Gasteiger partial charge >= 0.3 is 0 Å². The number of aryl methyl sites for hydroxylation is 1. The highest BCUT2D eigenvalue weighted by atomic mass is 35.5. The number of hydrogen-bond acceptors (Lipinski definition) is 6. The van der Waals surface area contributed by atoms with Crippen molar-refractivity contribution in [3.05, 3.63) is 17.5 Å². The van der Waals surface area contributed by atoms with Crippen molar-refractivity contribution in [1.29, 1.82) is 0 Å². The Kier molecular flexibility index (Phi) is 8.65. The fraction of sp³-hybridized carbons (Fsp3) is 0.667. The van der Waals surface area contributed by atoms with Gasteiger partial charge in [0.1, 0.15) is 11.8 Å². The molecule has 1 aromatic heterocycles. The third-order valence-corrected chi connectivity index (χ3v) is 6.23. The Balaban J connectivity index is 1.74. The molecule has 1 saturated heterocycles. The molecule has 2 heterocycles. The van der Waals surface area contributed by atoms with Gasteiger partial charge in [-0.2, -0.15) is 0 Å². The Morgan fingerprint density at radius 1 is 1.30 bits per heavy atom. The summed E-state index contributed by atoms with van der Waals surface area (Å²) in [5, 5.41) is 9.68. The molecule has 4 amide bonds. The lowest BCUT2D eigenvalue weighted by molar-refractivity contribution is -0.145. The molecule has 1 saturated carbocycles. The van der Waals surface area contributed by atoms with Crippen LogP contribution in [0, 0.1) is 18.8 Å². The van der Waals surface area contributed by atoms with E-state index in [1.807, 2.05) is 0 Å². The number of carbonyl (C=O) groups excluding carboxylic acids is 4. The zero-order valence-corrected chi connectivity index (χ0v) is 19.2. The first-order chi connectivity index (χ1) is 15.7. The van der Waals surface area contributed by atoms with E-state index in [0.717, 1.165) is 37.1 Å². The van der Waals surface area contributed by atoms with Crippen molar-refractivity contribution in [3.8, 4) is 0 Å². The van der Waals surface area contributed by atoms with Gasteiger partial charge in [0.05, 0.1) is 12.5 Å². The Bertz CT molecular complexity index is 873. The average molecular weight is 486 g/mol. The highest BCUT2D eigenvalue weighted by Crippen LogP contribution is 2.27. The van der Waals surface area contributed by atoms with Crippen molar-refractivity contribution < 1.29 is 28.1 Å². The summed E-state index contributed by atoms with van der Waals surface area (Å²) >= 11 is 5.33. The van der Waals surface area contributed by atoms with Crippen LogP contribution in [0.25, 0.3) is 0 Å². The number of alkyl halides is 2. The van der Waals surface area contributed by atoms with Gasteiger partial charge in [0.15, 0.2) is 5.69 Å². The van der Waals surface area contributed by atoms with E-state index in [1.165, 1.54) is 6.07 Å². The predicted molar refractivity (Wildman–Crippen MR) is 115 cm³/mol. The van der Waals surface area contributed by atoms with Gasteiger partial charge in [0.2, 0.25) is 5.91 Å². The number of amides is 4. The van der Waals surface area contributed by atoms with Gasteiger partial charge in [-0.25, -0.2) is 9.40 Å².